The summed E-state index contributed by atoms with van der Waals surface area (Å²) in [6.07, 6.45) is 4.41. The summed E-state index contributed by atoms with van der Waals surface area (Å²) in [7, 11) is 0. The SMILES string of the molecule is C=CC(=O)N1CC(C)N(C2=NC(=C)N(c3ccccc3CCC)C3=C2CCN(c2ccccc2)C3)CC1C. The van der Waals surface area contributed by atoms with Gasteiger partial charge in [0.05, 0.1) is 17.9 Å². The topological polar surface area (TPSA) is 42.4 Å². The molecule has 3 heterocycles. The second kappa shape index (κ2) is 10.9. The van der Waals surface area contributed by atoms with E-state index < -0.39 is 0 Å². The Kier molecular flexibility index (Phi) is 7.41. The lowest BCUT2D eigenvalue weighted by Crippen LogP contribution is -2.60. The molecular formula is C32H39N5O. The maximum absolute atomic E-state index is 12.5. The molecule has 0 spiro atoms. The molecule has 2 atom stereocenters. The van der Waals surface area contributed by atoms with E-state index in [1.165, 1.54) is 34.3 Å². The van der Waals surface area contributed by atoms with Crippen LogP contribution in [-0.2, 0) is 11.2 Å². The average molecular weight is 510 g/mol. The summed E-state index contributed by atoms with van der Waals surface area (Å²) in [6, 6.07) is 19.5. The van der Waals surface area contributed by atoms with Crippen molar-refractivity contribution in [3.8, 4) is 0 Å². The molecule has 0 N–H and O–H groups in total. The summed E-state index contributed by atoms with van der Waals surface area (Å²) < 4.78 is 0. The molecule has 2 aromatic rings. The summed E-state index contributed by atoms with van der Waals surface area (Å²) in [4.78, 5) is 26.7. The van der Waals surface area contributed by atoms with Crippen LogP contribution in [0, 0.1) is 0 Å². The molecular weight excluding hydrogens is 470 g/mol. The van der Waals surface area contributed by atoms with Crippen LogP contribution in [0.4, 0.5) is 11.4 Å². The van der Waals surface area contributed by atoms with Gasteiger partial charge in [-0.2, -0.15) is 0 Å². The fraction of sp³-hybridized carbons (Fsp3) is 0.375. The molecule has 5 rings (SSSR count). The standard InChI is InChI=1S/C32H39N5O/c1-6-13-26-14-11-12-17-29(26)37-25(5)33-32(36-21-23(3)35(20-24(36)4)31(38)7-2)28-18-19-34(22-30(28)37)27-15-9-8-10-16-27/h7-12,14-17,23-24H,2,5-6,13,18-22H2,1,3-4H3. The Morgan fingerprint density at radius 3 is 2.53 bits per heavy atom. The first-order valence-corrected chi connectivity index (χ1v) is 13.8. The second-order valence-corrected chi connectivity index (χ2v) is 10.5. The monoisotopic (exact) mass is 509 g/mol. The van der Waals surface area contributed by atoms with Crippen LogP contribution in [0.25, 0.3) is 0 Å². The minimum absolute atomic E-state index is 0.00577. The third-order valence-corrected chi connectivity index (χ3v) is 7.94. The molecule has 2 unspecified atom stereocenters. The largest absolute Gasteiger partial charge is 0.365 e. The van der Waals surface area contributed by atoms with Gasteiger partial charge in [-0.05, 0) is 56.5 Å². The normalized spacial score (nSPS) is 21.9. The van der Waals surface area contributed by atoms with Crippen molar-refractivity contribution in [2.75, 3.05) is 36.0 Å². The van der Waals surface area contributed by atoms with Crippen LogP contribution in [0.15, 0.2) is 95.9 Å². The molecule has 1 fully saturated rings. The zero-order chi connectivity index (χ0) is 26.8. The fourth-order valence-electron chi connectivity index (χ4n) is 6.03. The second-order valence-electron chi connectivity index (χ2n) is 10.5. The van der Waals surface area contributed by atoms with Gasteiger partial charge in [-0.1, -0.05) is 62.9 Å². The quantitative estimate of drug-likeness (QED) is 0.492. The Labute approximate surface area is 227 Å². The molecule has 0 aromatic heterocycles. The van der Waals surface area contributed by atoms with E-state index in [4.69, 9.17) is 4.99 Å². The van der Waals surface area contributed by atoms with Gasteiger partial charge in [0.1, 0.15) is 11.7 Å². The number of benzene rings is 2. The van der Waals surface area contributed by atoms with Gasteiger partial charge in [0.2, 0.25) is 5.91 Å². The summed E-state index contributed by atoms with van der Waals surface area (Å²) in [5.74, 6) is 1.77. The Hall–Kier alpha value is -3.80. The number of carbonyl (C=O) groups excluding carboxylic acids is 1. The summed E-state index contributed by atoms with van der Waals surface area (Å²) >= 11 is 0. The highest BCUT2D eigenvalue weighted by atomic mass is 16.2. The number of rotatable bonds is 5. The first-order chi connectivity index (χ1) is 18.4. The molecule has 0 aliphatic carbocycles. The van der Waals surface area contributed by atoms with Crippen molar-refractivity contribution in [1.29, 1.82) is 0 Å². The maximum atomic E-state index is 12.5. The molecule has 6 heteroatoms. The number of amidine groups is 1. The number of amides is 1. The van der Waals surface area contributed by atoms with Crippen LogP contribution >= 0.6 is 0 Å². The van der Waals surface area contributed by atoms with E-state index >= 15 is 0 Å². The average Bonchev–Trinajstić information content (AvgIpc) is 2.94. The number of para-hydroxylation sites is 2. The third-order valence-electron chi connectivity index (χ3n) is 7.94. The Bertz CT molecular complexity index is 1280. The number of carbonyl (C=O) groups is 1. The molecule has 198 valence electrons. The Morgan fingerprint density at radius 1 is 1.05 bits per heavy atom. The van der Waals surface area contributed by atoms with Gasteiger partial charge in [0, 0.05) is 43.0 Å². The van der Waals surface area contributed by atoms with E-state index in [9.17, 15) is 4.79 Å². The number of hydrogen-bond donors (Lipinski definition) is 0. The predicted octanol–water partition coefficient (Wildman–Crippen LogP) is 5.60. The maximum Gasteiger partial charge on any atom is 0.246 e. The van der Waals surface area contributed by atoms with Crippen molar-refractivity contribution in [2.45, 2.75) is 52.1 Å². The number of anilines is 2. The minimum Gasteiger partial charge on any atom is -0.365 e. The molecule has 0 radical (unpaired) electrons. The predicted molar refractivity (Wildman–Crippen MR) is 157 cm³/mol. The van der Waals surface area contributed by atoms with E-state index in [1.54, 1.807) is 0 Å². The van der Waals surface area contributed by atoms with Crippen LogP contribution in [0.1, 0.15) is 39.2 Å². The van der Waals surface area contributed by atoms with Crippen molar-refractivity contribution in [3.05, 3.63) is 96.5 Å². The van der Waals surface area contributed by atoms with Crippen molar-refractivity contribution in [2.24, 2.45) is 4.99 Å². The zero-order valence-electron chi connectivity index (χ0n) is 22.9. The first-order valence-electron chi connectivity index (χ1n) is 13.8. The highest BCUT2D eigenvalue weighted by Crippen LogP contribution is 2.39. The van der Waals surface area contributed by atoms with Gasteiger partial charge in [0.25, 0.3) is 0 Å². The summed E-state index contributed by atoms with van der Waals surface area (Å²) in [5, 5.41) is 0. The fourth-order valence-corrected chi connectivity index (χ4v) is 6.03. The van der Waals surface area contributed by atoms with E-state index in [2.05, 4.69) is 103 Å². The number of nitrogens with zero attached hydrogens (tertiary/aromatic N) is 5. The molecule has 2 aromatic carbocycles. The molecule has 1 saturated heterocycles. The smallest absolute Gasteiger partial charge is 0.246 e. The van der Waals surface area contributed by atoms with Crippen LogP contribution < -0.4 is 9.80 Å². The van der Waals surface area contributed by atoms with Gasteiger partial charge in [-0.15, -0.1) is 0 Å². The highest BCUT2D eigenvalue weighted by Gasteiger charge is 2.39. The Balaban J connectivity index is 1.56. The molecule has 6 nitrogen and oxygen atoms in total. The van der Waals surface area contributed by atoms with Crippen molar-refractivity contribution >= 4 is 23.1 Å². The van der Waals surface area contributed by atoms with E-state index in [0.717, 1.165) is 50.6 Å². The lowest BCUT2D eigenvalue weighted by atomic mass is 9.96. The molecule has 38 heavy (non-hydrogen) atoms. The van der Waals surface area contributed by atoms with Crippen LogP contribution in [0.3, 0.4) is 0 Å². The zero-order valence-corrected chi connectivity index (χ0v) is 22.9. The van der Waals surface area contributed by atoms with Crippen molar-refractivity contribution < 1.29 is 4.79 Å². The van der Waals surface area contributed by atoms with Crippen molar-refractivity contribution in [3.63, 3.8) is 0 Å². The molecule has 0 bridgehead atoms. The third kappa shape index (κ3) is 4.75. The minimum atomic E-state index is -0.00577. The number of hydrogen-bond acceptors (Lipinski definition) is 5. The highest BCUT2D eigenvalue weighted by molar-refractivity contribution is 6.03. The molecule has 3 aliphatic heterocycles. The van der Waals surface area contributed by atoms with Gasteiger partial charge in [0.15, 0.2) is 0 Å². The molecule has 0 saturated carbocycles. The van der Waals surface area contributed by atoms with Gasteiger partial charge in [-0.3, -0.25) is 9.69 Å². The van der Waals surface area contributed by atoms with Crippen LogP contribution in [0.2, 0.25) is 0 Å². The number of piperazine rings is 1. The number of aryl methyl sites for hydroxylation is 1. The first kappa shape index (κ1) is 25.8. The van der Waals surface area contributed by atoms with E-state index in [-0.39, 0.29) is 18.0 Å². The van der Waals surface area contributed by atoms with Gasteiger partial charge >= 0.3 is 0 Å². The Morgan fingerprint density at radius 2 is 1.79 bits per heavy atom. The van der Waals surface area contributed by atoms with E-state index in [1.807, 2.05) is 4.90 Å². The lowest BCUT2D eigenvalue weighted by Gasteiger charge is -2.48. The van der Waals surface area contributed by atoms with Crippen LogP contribution in [0.5, 0.6) is 0 Å². The molecule has 3 aliphatic rings. The summed E-state index contributed by atoms with van der Waals surface area (Å²) in [5.41, 5.74) is 6.26. The summed E-state index contributed by atoms with van der Waals surface area (Å²) in [6.45, 7) is 17.8. The van der Waals surface area contributed by atoms with Crippen LogP contribution in [-0.4, -0.2) is 59.8 Å². The van der Waals surface area contributed by atoms with E-state index in [0.29, 0.717) is 6.54 Å². The van der Waals surface area contributed by atoms with Crippen molar-refractivity contribution in [1.82, 2.24) is 9.80 Å². The van der Waals surface area contributed by atoms with Gasteiger partial charge in [-0.25, -0.2) is 4.99 Å². The molecule has 1 amide bonds. The number of aliphatic imine (C=N–C) groups is 1. The van der Waals surface area contributed by atoms with Gasteiger partial charge < -0.3 is 14.7 Å². The lowest BCUT2D eigenvalue weighted by molar-refractivity contribution is -0.130.